The van der Waals surface area contributed by atoms with Crippen molar-refractivity contribution in [2.24, 2.45) is 10.8 Å². The standard InChI is InChI=1S/C75H66N2O2/c1-45(2)50-33-21-35-57-59-37-23-39-63(71(59)78-69(50)57)76(47-25-13-11-14-26-47)49-41-42-56-61(43-49)52-29-17-19-31-54(52)67-66-55-32-20-18-30-53(55)65(44-62(66)75(68(56)67,73(5,6)7)74(8,9)10)77(48-27-15-12-16-28-48)64-40-24-38-60-58-36-22-34-51(46(3)4)70(58)79-72(60)64/h11-46H,1-10H3. The maximum Gasteiger partial charge on any atom is 0.159 e. The molecule has 13 aromatic rings. The summed E-state index contributed by atoms with van der Waals surface area (Å²) in [5.74, 6) is 0.622. The van der Waals surface area contributed by atoms with E-state index in [-0.39, 0.29) is 10.8 Å². The van der Waals surface area contributed by atoms with E-state index in [0.717, 1.165) is 78.0 Å². The van der Waals surface area contributed by atoms with Crippen molar-refractivity contribution in [3.8, 4) is 11.1 Å². The van der Waals surface area contributed by atoms with Crippen molar-refractivity contribution in [3.05, 3.63) is 229 Å². The molecule has 79 heavy (non-hydrogen) atoms. The Morgan fingerprint density at radius 2 is 0.759 bits per heavy atom. The van der Waals surface area contributed by atoms with Gasteiger partial charge >= 0.3 is 0 Å². The lowest BCUT2D eigenvalue weighted by atomic mass is 9.49. The third-order valence-electron chi connectivity index (χ3n) is 17.6. The molecule has 0 atom stereocenters. The molecule has 388 valence electrons. The lowest BCUT2D eigenvalue weighted by molar-refractivity contribution is 0.0965. The van der Waals surface area contributed by atoms with Gasteiger partial charge in [-0.2, -0.15) is 0 Å². The molecule has 0 fully saturated rings. The number of hydrogen-bond acceptors (Lipinski definition) is 4. The fraction of sp³-hybridized carbons (Fsp3) is 0.200. The Morgan fingerprint density at radius 3 is 1.28 bits per heavy atom. The fourth-order valence-electron chi connectivity index (χ4n) is 14.8. The molecule has 1 aliphatic carbocycles. The van der Waals surface area contributed by atoms with Crippen LogP contribution < -0.4 is 9.80 Å². The number of hydrogen-bond donors (Lipinski definition) is 0. The molecule has 0 unspecified atom stereocenters. The molecular formula is C75H66N2O2. The van der Waals surface area contributed by atoms with Gasteiger partial charge in [-0.1, -0.05) is 221 Å². The highest BCUT2D eigenvalue weighted by atomic mass is 16.3. The second-order valence-electron chi connectivity index (χ2n) is 24.8. The smallest absolute Gasteiger partial charge is 0.159 e. The number of nitrogens with zero attached hydrogens (tertiary/aromatic N) is 2. The predicted octanol–water partition coefficient (Wildman–Crippen LogP) is 22.5. The lowest BCUT2D eigenvalue weighted by Gasteiger charge is -2.53. The summed E-state index contributed by atoms with van der Waals surface area (Å²) < 4.78 is 14.3. The highest BCUT2D eigenvalue weighted by Gasteiger charge is 2.59. The molecule has 0 N–H and O–H groups in total. The molecule has 0 amide bonds. The van der Waals surface area contributed by atoms with Gasteiger partial charge in [-0.05, 0) is 138 Å². The van der Waals surface area contributed by atoms with Gasteiger partial charge in [-0.25, -0.2) is 0 Å². The van der Waals surface area contributed by atoms with Crippen molar-refractivity contribution < 1.29 is 8.83 Å². The largest absolute Gasteiger partial charge is 0.454 e. The van der Waals surface area contributed by atoms with Crippen LogP contribution in [-0.2, 0) is 5.41 Å². The number of benzene rings is 11. The minimum absolute atomic E-state index is 0.287. The van der Waals surface area contributed by atoms with Crippen LogP contribution in [0.3, 0.4) is 0 Å². The van der Waals surface area contributed by atoms with Gasteiger partial charge in [0.25, 0.3) is 0 Å². The molecule has 0 saturated heterocycles. The fourth-order valence-corrected chi connectivity index (χ4v) is 14.8. The second kappa shape index (κ2) is 17.7. The molecule has 2 heterocycles. The first-order valence-electron chi connectivity index (χ1n) is 28.3. The Hall–Kier alpha value is -8.60. The van der Waals surface area contributed by atoms with Crippen LogP contribution in [0.4, 0.5) is 34.1 Å². The van der Waals surface area contributed by atoms with E-state index in [1.807, 2.05) is 0 Å². The normalized spacial score (nSPS) is 13.5. The average Bonchev–Trinajstić information content (AvgIpc) is 3.21. The molecule has 0 saturated carbocycles. The third-order valence-corrected chi connectivity index (χ3v) is 17.6. The van der Waals surface area contributed by atoms with E-state index in [1.165, 1.54) is 65.7 Å². The summed E-state index contributed by atoms with van der Waals surface area (Å²) in [5.41, 5.74) is 16.8. The molecule has 4 heteroatoms. The molecule has 0 bridgehead atoms. The van der Waals surface area contributed by atoms with E-state index < -0.39 is 5.41 Å². The Labute approximate surface area is 463 Å². The van der Waals surface area contributed by atoms with E-state index in [4.69, 9.17) is 8.83 Å². The molecule has 0 spiro atoms. The minimum atomic E-state index is -0.514. The average molecular weight is 1030 g/mol. The Morgan fingerprint density at radius 1 is 0.329 bits per heavy atom. The number of furan rings is 2. The van der Waals surface area contributed by atoms with Crippen LogP contribution in [0.2, 0.25) is 0 Å². The third kappa shape index (κ3) is 6.99. The monoisotopic (exact) mass is 1030 g/mol. The van der Waals surface area contributed by atoms with Gasteiger partial charge in [0.05, 0.1) is 17.1 Å². The van der Waals surface area contributed by atoms with Gasteiger partial charge < -0.3 is 18.6 Å². The van der Waals surface area contributed by atoms with E-state index in [1.54, 1.807) is 0 Å². The molecule has 0 aliphatic heterocycles. The number of fused-ring (bicyclic) bond motifs is 16. The van der Waals surface area contributed by atoms with Gasteiger partial charge in [0.15, 0.2) is 11.2 Å². The second-order valence-corrected chi connectivity index (χ2v) is 24.8. The van der Waals surface area contributed by atoms with Crippen LogP contribution in [0.15, 0.2) is 215 Å². The molecule has 2 aromatic heterocycles. The first kappa shape index (κ1) is 48.7. The summed E-state index contributed by atoms with van der Waals surface area (Å²) in [7, 11) is 0. The van der Waals surface area contributed by atoms with E-state index in [2.05, 4.69) is 285 Å². The van der Waals surface area contributed by atoms with Gasteiger partial charge in [0.1, 0.15) is 11.2 Å². The number of rotatable bonds is 8. The maximum atomic E-state index is 7.18. The van der Waals surface area contributed by atoms with Crippen LogP contribution in [0, 0.1) is 10.8 Å². The lowest BCUT2D eigenvalue weighted by Crippen LogP contribution is -2.50. The molecular weight excluding hydrogens is 961 g/mol. The van der Waals surface area contributed by atoms with Gasteiger partial charge in [0.2, 0.25) is 0 Å². The first-order valence-corrected chi connectivity index (χ1v) is 28.3. The van der Waals surface area contributed by atoms with Crippen molar-refractivity contribution in [1.29, 1.82) is 0 Å². The van der Waals surface area contributed by atoms with Crippen molar-refractivity contribution in [1.82, 2.24) is 0 Å². The number of anilines is 6. The van der Waals surface area contributed by atoms with Crippen molar-refractivity contribution in [3.63, 3.8) is 0 Å². The molecule has 11 aromatic carbocycles. The highest BCUT2D eigenvalue weighted by molar-refractivity contribution is 6.24. The maximum absolute atomic E-state index is 7.18. The number of para-hydroxylation sites is 6. The van der Waals surface area contributed by atoms with Crippen LogP contribution in [0.25, 0.3) is 87.3 Å². The highest BCUT2D eigenvalue weighted by Crippen LogP contribution is 2.69. The summed E-state index contributed by atoms with van der Waals surface area (Å²) >= 11 is 0. The van der Waals surface area contributed by atoms with E-state index in [0.29, 0.717) is 11.8 Å². The first-order chi connectivity index (χ1) is 38.2. The molecule has 14 rings (SSSR count). The van der Waals surface area contributed by atoms with Crippen LogP contribution >= 0.6 is 0 Å². The van der Waals surface area contributed by atoms with Gasteiger partial charge in [-0.3, -0.25) is 0 Å². The van der Waals surface area contributed by atoms with Crippen molar-refractivity contribution in [2.75, 3.05) is 9.80 Å². The van der Waals surface area contributed by atoms with Crippen molar-refractivity contribution >= 4 is 110 Å². The molecule has 1 aliphatic rings. The van der Waals surface area contributed by atoms with Crippen LogP contribution in [0.1, 0.15) is 103 Å². The summed E-state index contributed by atoms with van der Waals surface area (Å²) in [4.78, 5) is 4.88. The quantitative estimate of drug-likeness (QED) is 0.142. The Bertz CT molecular complexity index is 4570. The van der Waals surface area contributed by atoms with Crippen LogP contribution in [0.5, 0.6) is 0 Å². The summed E-state index contributed by atoms with van der Waals surface area (Å²) in [6, 6.07) is 76.4. The SMILES string of the molecule is CC(C)c1cccc2c1oc1c(N(c3ccccc3)c3ccc4c5c(c6ccccc6c4c3)-c3c(cc(N(c4ccccc4)c4cccc6c4oc4c(C(C)C)cccc46)c4ccccc34)C5(C(C)(C)C)C(C)(C)C)cccc12. The summed E-state index contributed by atoms with van der Waals surface area (Å²) in [6.45, 7) is 23.9. The Kier molecular flexibility index (Phi) is 10.9. The van der Waals surface area contributed by atoms with Crippen LogP contribution in [-0.4, -0.2) is 0 Å². The zero-order valence-electron chi connectivity index (χ0n) is 47.0. The summed E-state index contributed by atoms with van der Waals surface area (Å²) in [5, 5.41) is 11.9. The van der Waals surface area contributed by atoms with E-state index >= 15 is 0 Å². The van der Waals surface area contributed by atoms with Crippen molar-refractivity contribution in [2.45, 2.75) is 86.5 Å². The minimum Gasteiger partial charge on any atom is -0.454 e. The zero-order valence-corrected chi connectivity index (χ0v) is 47.0. The topological polar surface area (TPSA) is 32.8 Å². The Balaban J connectivity index is 1.08. The van der Waals surface area contributed by atoms with Gasteiger partial charge in [-0.15, -0.1) is 0 Å². The molecule has 4 nitrogen and oxygen atoms in total. The molecule has 0 radical (unpaired) electrons. The van der Waals surface area contributed by atoms with Gasteiger partial charge in [0, 0.05) is 49.4 Å². The zero-order chi connectivity index (χ0) is 54.3. The summed E-state index contributed by atoms with van der Waals surface area (Å²) in [6.07, 6.45) is 0. The van der Waals surface area contributed by atoms with E-state index in [9.17, 15) is 0 Å². The predicted molar refractivity (Wildman–Crippen MR) is 336 cm³/mol.